The number of halogens is 3. The van der Waals surface area contributed by atoms with Crippen LogP contribution in [0.5, 0.6) is 0 Å². The minimum Gasteiger partial charge on any atom is -0.381 e. The molecular formula is C18H24Cl2IN3O. The Hall–Kier alpha value is -0.680. The Balaban J connectivity index is 0.00000312. The van der Waals surface area contributed by atoms with Crippen molar-refractivity contribution in [2.75, 3.05) is 32.8 Å². The predicted octanol–water partition coefficient (Wildman–Crippen LogP) is 3.85. The summed E-state index contributed by atoms with van der Waals surface area (Å²) >= 11 is 12.5. The van der Waals surface area contributed by atoms with Crippen molar-refractivity contribution in [3.8, 4) is 12.3 Å². The van der Waals surface area contributed by atoms with Gasteiger partial charge in [0.05, 0.1) is 13.1 Å². The van der Waals surface area contributed by atoms with Crippen LogP contribution in [0.3, 0.4) is 0 Å². The first-order valence-corrected chi connectivity index (χ1v) is 8.86. The van der Waals surface area contributed by atoms with Crippen molar-refractivity contribution in [2.24, 2.45) is 4.99 Å². The SMILES string of the molecule is C#CCNC(=NCC1(c2ccc(Cl)cc2Cl)CCOCC1)NCC.I. The van der Waals surface area contributed by atoms with Gasteiger partial charge < -0.3 is 15.4 Å². The molecule has 4 nitrogen and oxygen atoms in total. The molecule has 0 bridgehead atoms. The van der Waals surface area contributed by atoms with Gasteiger partial charge in [0.2, 0.25) is 0 Å². The summed E-state index contributed by atoms with van der Waals surface area (Å²) in [6.45, 7) is 5.23. The maximum Gasteiger partial charge on any atom is 0.192 e. The highest BCUT2D eigenvalue weighted by atomic mass is 127. The van der Waals surface area contributed by atoms with E-state index >= 15 is 0 Å². The molecule has 0 saturated carbocycles. The van der Waals surface area contributed by atoms with Gasteiger partial charge in [-0.25, -0.2) is 0 Å². The van der Waals surface area contributed by atoms with E-state index in [0.29, 0.717) is 42.3 Å². The van der Waals surface area contributed by atoms with Crippen LogP contribution in [-0.2, 0) is 10.2 Å². The summed E-state index contributed by atoms with van der Waals surface area (Å²) in [5, 5.41) is 7.65. The average Bonchev–Trinajstić information content (AvgIpc) is 2.58. The smallest absolute Gasteiger partial charge is 0.192 e. The summed E-state index contributed by atoms with van der Waals surface area (Å²) in [7, 11) is 0. The highest BCUT2D eigenvalue weighted by Crippen LogP contribution is 2.39. The Bertz CT molecular complexity index is 625. The van der Waals surface area contributed by atoms with E-state index in [4.69, 9.17) is 39.4 Å². The Morgan fingerprint density at radius 2 is 2.04 bits per heavy atom. The molecule has 0 atom stereocenters. The van der Waals surface area contributed by atoms with Crippen LogP contribution in [0.2, 0.25) is 10.0 Å². The normalized spacial score (nSPS) is 16.5. The Morgan fingerprint density at radius 3 is 2.64 bits per heavy atom. The summed E-state index contributed by atoms with van der Waals surface area (Å²) < 4.78 is 5.55. The van der Waals surface area contributed by atoms with Crippen LogP contribution in [0.15, 0.2) is 23.2 Å². The maximum atomic E-state index is 6.48. The third kappa shape index (κ3) is 6.21. The number of benzene rings is 1. The van der Waals surface area contributed by atoms with Crippen molar-refractivity contribution in [1.29, 1.82) is 0 Å². The van der Waals surface area contributed by atoms with E-state index < -0.39 is 0 Å². The summed E-state index contributed by atoms with van der Waals surface area (Å²) in [5.41, 5.74) is 0.923. The van der Waals surface area contributed by atoms with Gasteiger partial charge in [-0.15, -0.1) is 30.4 Å². The first-order chi connectivity index (χ1) is 11.6. The van der Waals surface area contributed by atoms with Gasteiger partial charge in [0.25, 0.3) is 0 Å². The lowest BCUT2D eigenvalue weighted by atomic mass is 9.74. The molecule has 2 rings (SSSR count). The number of rotatable bonds is 5. The molecule has 0 radical (unpaired) electrons. The fourth-order valence-corrected chi connectivity index (χ4v) is 3.51. The summed E-state index contributed by atoms with van der Waals surface area (Å²) in [5.74, 6) is 3.28. The topological polar surface area (TPSA) is 45.7 Å². The van der Waals surface area contributed by atoms with Gasteiger partial charge in [0.1, 0.15) is 0 Å². The summed E-state index contributed by atoms with van der Waals surface area (Å²) in [6.07, 6.45) is 7.06. The van der Waals surface area contributed by atoms with Crippen LogP contribution in [-0.4, -0.2) is 38.8 Å². The van der Waals surface area contributed by atoms with Crippen molar-refractivity contribution < 1.29 is 4.74 Å². The molecular weight excluding hydrogens is 472 g/mol. The molecule has 1 aliphatic rings. The third-order valence-electron chi connectivity index (χ3n) is 4.19. The molecule has 25 heavy (non-hydrogen) atoms. The fourth-order valence-electron chi connectivity index (χ4n) is 2.90. The monoisotopic (exact) mass is 495 g/mol. The van der Waals surface area contributed by atoms with Crippen molar-refractivity contribution in [1.82, 2.24) is 10.6 Å². The fraction of sp³-hybridized carbons (Fsp3) is 0.500. The minimum atomic E-state index is -0.154. The number of terminal acetylenes is 1. The van der Waals surface area contributed by atoms with Crippen LogP contribution >= 0.6 is 47.2 Å². The molecule has 1 aliphatic heterocycles. The van der Waals surface area contributed by atoms with Gasteiger partial charge in [0, 0.05) is 35.2 Å². The second kappa shape index (κ2) is 11.1. The first-order valence-electron chi connectivity index (χ1n) is 8.10. The highest BCUT2D eigenvalue weighted by Gasteiger charge is 2.36. The van der Waals surface area contributed by atoms with E-state index in [1.807, 2.05) is 19.1 Å². The zero-order valence-corrected chi connectivity index (χ0v) is 18.1. The molecule has 1 fully saturated rings. The van der Waals surface area contributed by atoms with Crippen LogP contribution < -0.4 is 10.6 Å². The summed E-state index contributed by atoms with van der Waals surface area (Å²) in [4.78, 5) is 4.74. The first kappa shape index (κ1) is 22.4. The molecule has 1 heterocycles. The van der Waals surface area contributed by atoms with Crippen LogP contribution in [0.1, 0.15) is 25.3 Å². The lowest BCUT2D eigenvalue weighted by Gasteiger charge is -2.37. The van der Waals surface area contributed by atoms with E-state index in [1.165, 1.54) is 0 Å². The van der Waals surface area contributed by atoms with Gasteiger partial charge in [-0.05, 0) is 37.5 Å². The molecule has 7 heteroatoms. The van der Waals surface area contributed by atoms with E-state index in [9.17, 15) is 0 Å². The molecule has 1 aromatic carbocycles. The standard InChI is InChI=1S/C18H23Cl2N3O.HI/c1-3-9-22-17(21-4-2)23-13-18(7-10-24-11-8-18)15-6-5-14(19)12-16(15)20;/h1,5-6,12H,4,7-11,13H2,2H3,(H2,21,22,23);1H. The van der Waals surface area contributed by atoms with Gasteiger partial charge in [-0.3, -0.25) is 4.99 Å². The van der Waals surface area contributed by atoms with Gasteiger partial charge in [-0.2, -0.15) is 0 Å². The molecule has 138 valence electrons. The largest absolute Gasteiger partial charge is 0.381 e. The number of ether oxygens (including phenoxy) is 1. The van der Waals surface area contributed by atoms with Crippen LogP contribution in [0, 0.1) is 12.3 Å². The van der Waals surface area contributed by atoms with E-state index in [2.05, 4.69) is 16.6 Å². The maximum absolute atomic E-state index is 6.48. The van der Waals surface area contributed by atoms with E-state index in [-0.39, 0.29) is 29.4 Å². The highest BCUT2D eigenvalue weighted by molar-refractivity contribution is 14.0. The lowest BCUT2D eigenvalue weighted by Crippen LogP contribution is -2.41. The van der Waals surface area contributed by atoms with E-state index in [1.54, 1.807) is 6.07 Å². The third-order valence-corrected chi connectivity index (χ3v) is 4.74. The average molecular weight is 496 g/mol. The number of guanidine groups is 1. The van der Waals surface area contributed by atoms with Crippen LogP contribution in [0.25, 0.3) is 0 Å². The second-order valence-corrected chi connectivity index (χ2v) is 6.61. The molecule has 1 saturated heterocycles. The molecule has 0 unspecified atom stereocenters. The van der Waals surface area contributed by atoms with Gasteiger partial charge in [0.15, 0.2) is 5.96 Å². The molecule has 0 aliphatic carbocycles. The zero-order chi connectivity index (χ0) is 17.4. The van der Waals surface area contributed by atoms with Crippen LogP contribution in [0.4, 0.5) is 0 Å². The van der Waals surface area contributed by atoms with Crippen molar-refractivity contribution in [3.63, 3.8) is 0 Å². The molecule has 2 N–H and O–H groups in total. The number of aliphatic imine (C=N–C) groups is 1. The molecule has 0 amide bonds. The van der Waals surface area contributed by atoms with Crippen molar-refractivity contribution in [3.05, 3.63) is 33.8 Å². The Kier molecular flexibility index (Phi) is 9.95. The Labute approximate surface area is 177 Å². The lowest BCUT2D eigenvalue weighted by molar-refractivity contribution is 0.0531. The molecule has 1 aromatic rings. The second-order valence-electron chi connectivity index (χ2n) is 5.77. The number of nitrogens with one attached hydrogen (secondary N) is 2. The quantitative estimate of drug-likeness (QED) is 0.282. The predicted molar refractivity (Wildman–Crippen MR) is 116 cm³/mol. The number of hydrogen-bond donors (Lipinski definition) is 2. The minimum absolute atomic E-state index is 0. The summed E-state index contributed by atoms with van der Waals surface area (Å²) in [6, 6.07) is 5.68. The van der Waals surface area contributed by atoms with E-state index in [0.717, 1.165) is 24.9 Å². The van der Waals surface area contributed by atoms with Gasteiger partial charge in [-0.1, -0.05) is 35.2 Å². The Morgan fingerprint density at radius 1 is 1.32 bits per heavy atom. The zero-order valence-electron chi connectivity index (χ0n) is 14.3. The molecule has 0 aromatic heterocycles. The van der Waals surface area contributed by atoms with Crippen molar-refractivity contribution >= 4 is 53.1 Å². The number of nitrogens with zero attached hydrogens (tertiary/aromatic N) is 1. The number of hydrogen-bond acceptors (Lipinski definition) is 2. The van der Waals surface area contributed by atoms with Gasteiger partial charge >= 0.3 is 0 Å². The van der Waals surface area contributed by atoms with Crippen molar-refractivity contribution in [2.45, 2.75) is 25.2 Å². The molecule has 0 spiro atoms.